The number of hydrogen-bond donors (Lipinski definition) is 2. The molecule has 0 aliphatic heterocycles. The molecule has 1 aromatic rings. The minimum absolute atomic E-state index is 0.287. The fourth-order valence-corrected chi connectivity index (χ4v) is 1.72. The minimum Gasteiger partial charge on any atom is -0.381 e. The van der Waals surface area contributed by atoms with E-state index in [2.05, 4.69) is 43.5 Å². The quantitative estimate of drug-likeness (QED) is 0.413. The van der Waals surface area contributed by atoms with Gasteiger partial charge in [-0.3, -0.25) is 11.3 Å². The number of ether oxygens (including phenoxy) is 1. The smallest absolute Gasteiger partial charge is 0.0481 e. The van der Waals surface area contributed by atoms with Crippen molar-refractivity contribution < 1.29 is 4.74 Å². The molecule has 3 nitrogen and oxygen atoms in total. The van der Waals surface area contributed by atoms with Gasteiger partial charge in [-0.15, -0.1) is 0 Å². The molecule has 0 spiro atoms. The van der Waals surface area contributed by atoms with Gasteiger partial charge < -0.3 is 4.74 Å². The summed E-state index contributed by atoms with van der Waals surface area (Å²) in [5, 5.41) is 0. The molecule has 0 aliphatic carbocycles. The third kappa shape index (κ3) is 5.82. The number of aryl methyl sites for hydroxylation is 1. The predicted octanol–water partition coefficient (Wildman–Crippen LogP) is 2.19. The number of benzene rings is 1. The zero-order chi connectivity index (χ0) is 12.5. The number of rotatable bonds is 8. The third-order valence-corrected chi connectivity index (χ3v) is 2.80. The Labute approximate surface area is 104 Å². The Bertz CT molecular complexity index is 298. The second-order valence-corrected chi connectivity index (χ2v) is 4.45. The summed E-state index contributed by atoms with van der Waals surface area (Å²) in [6, 6.07) is 8.88. The van der Waals surface area contributed by atoms with Crippen LogP contribution < -0.4 is 11.3 Å². The van der Waals surface area contributed by atoms with Crippen LogP contribution in [0.1, 0.15) is 30.9 Å². The van der Waals surface area contributed by atoms with E-state index < -0.39 is 0 Å². The lowest BCUT2D eigenvalue weighted by atomic mass is 10.0. The standard InChI is InChI=1S/C14H24N2O/c1-3-9-17-10-8-14(16-15)11-13-6-4-12(2)5-7-13/h4-7,14,16H,3,8-11,15H2,1-2H3. The molecule has 0 saturated heterocycles. The highest BCUT2D eigenvalue weighted by Crippen LogP contribution is 2.07. The summed E-state index contributed by atoms with van der Waals surface area (Å²) in [5.74, 6) is 5.56. The molecule has 0 radical (unpaired) electrons. The highest BCUT2D eigenvalue weighted by atomic mass is 16.5. The zero-order valence-electron chi connectivity index (χ0n) is 10.9. The molecule has 0 aliphatic rings. The second-order valence-electron chi connectivity index (χ2n) is 4.45. The molecule has 1 unspecified atom stereocenters. The van der Waals surface area contributed by atoms with Crippen molar-refractivity contribution in [2.75, 3.05) is 13.2 Å². The van der Waals surface area contributed by atoms with E-state index in [0.717, 1.165) is 32.5 Å². The highest BCUT2D eigenvalue weighted by Gasteiger charge is 2.07. The van der Waals surface area contributed by atoms with Crippen LogP contribution in [0.2, 0.25) is 0 Å². The molecule has 96 valence electrons. The molecule has 0 saturated carbocycles. The lowest BCUT2D eigenvalue weighted by Gasteiger charge is -2.16. The van der Waals surface area contributed by atoms with Gasteiger partial charge in [0.05, 0.1) is 0 Å². The average Bonchev–Trinajstić information content (AvgIpc) is 2.35. The summed E-state index contributed by atoms with van der Waals surface area (Å²) in [6.07, 6.45) is 2.97. The van der Waals surface area contributed by atoms with Crippen LogP contribution >= 0.6 is 0 Å². The minimum atomic E-state index is 0.287. The van der Waals surface area contributed by atoms with Gasteiger partial charge >= 0.3 is 0 Å². The van der Waals surface area contributed by atoms with Gasteiger partial charge in [0.1, 0.15) is 0 Å². The summed E-state index contributed by atoms with van der Waals surface area (Å²) in [4.78, 5) is 0. The Morgan fingerprint density at radius 1 is 1.24 bits per heavy atom. The Balaban J connectivity index is 2.33. The second kappa shape index (κ2) is 8.23. The molecular formula is C14H24N2O. The van der Waals surface area contributed by atoms with Gasteiger partial charge in [0, 0.05) is 19.3 Å². The van der Waals surface area contributed by atoms with Crippen LogP contribution in [0.15, 0.2) is 24.3 Å². The van der Waals surface area contributed by atoms with Gasteiger partial charge in [0.15, 0.2) is 0 Å². The van der Waals surface area contributed by atoms with Crippen molar-refractivity contribution in [3.05, 3.63) is 35.4 Å². The summed E-state index contributed by atoms with van der Waals surface area (Å²) in [5.41, 5.74) is 5.47. The molecule has 3 heteroatoms. The van der Waals surface area contributed by atoms with Crippen LogP contribution in [0.25, 0.3) is 0 Å². The Kier molecular flexibility index (Phi) is 6.86. The van der Waals surface area contributed by atoms with E-state index in [1.54, 1.807) is 0 Å². The van der Waals surface area contributed by atoms with Gasteiger partial charge in [0.2, 0.25) is 0 Å². The number of nitrogens with two attached hydrogens (primary N) is 1. The third-order valence-electron chi connectivity index (χ3n) is 2.80. The number of hydrazine groups is 1. The van der Waals surface area contributed by atoms with Crippen LogP contribution in [0.4, 0.5) is 0 Å². The average molecular weight is 236 g/mol. The fourth-order valence-electron chi connectivity index (χ4n) is 1.72. The first-order chi connectivity index (χ1) is 8.26. The summed E-state index contributed by atoms with van der Waals surface area (Å²) in [6.45, 7) is 5.82. The van der Waals surface area contributed by atoms with Crippen molar-refractivity contribution in [3.8, 4) is 0 Å². The molecule has 0 fully saturated rings. The molecule has 0 aromatic heterocycles. The summed E-state index contributed by atoms with van der Waals surface area (Å²) >= 11 is 0. The Morgan fingerprint density at radius 2 is 1.94 bits per heavy atom. The molecule has 1 rings (SSSR count). The van der Waals surface area contributed by atoms with Gasteiger partial charge in [0.25, 0.3) is 0 Å². The summed E-state index contributed by atoms with van der Waals surface area (Å²) in [7, 11) is 0. The molecule has 17 heavy (non-hydrogen) atoms. The SMILES string of the molecule is CCCOCCC(Cc1ccc(C)cc1)NN. The van der Waals surface area contributed by atoms with Crippen molar-refractivity contribution in [1.29, 1.82) is 0 Å². The van der Waals surface area contributed by atoms with Crippen LogP contribution in [0.5, 0.6) is 0 Å². The molecule has 3 N–H and O–H groups in total. The first kappa shape index (κ1) is 14.2. The van der Waals surface area contributed by atoms with Crippen molar-refractivity contribution >= 4 is 0 Å². The maximum Gasteiger partial charge on any atom is 0.0481 e. The first-order valence-electron chi connectivity index (χ1n) is 6.35. The number of nitrogens with one attached hydrogen (secondary N) is 1. The fraction of sp³-hybridized carbons (Fsp3) is 0.571. The summed E-state index contributed by atoms with van der Waals surface area (Å²) < 4.78 is 5.48. The molecule has 1 atom stereocenters. The normalized spacial score (nSPS) is 12.6. The van der Waals surface area contributed by atoms with E-state index in [0.29, 0.717) is 0 Å². The zero-order valence-corrected chi connectivity index (χ0v) is 10.9. The van der Waals surface area contributed by atoms with E-state index in [1.165, 1.54) is 11.1 Å². The van der Waals surface area contributed by atoms with Crippen molar-refractivity contribution in [2.45, 2.75) is 39.2 Å². The molecular weight excluding hydrogens is 212 g/mol. The molecule has 1 aromatic carbocycles. The van der Waals surface area contributed by atoms with E-state index in [-0.39, 0.29) is 6.04 Å². The van der Waals surface area contributed by atoms with E-state index >= 15 is 0 Å². The number of hydrogen-bond acceptors (Lipinski definition) is 3. The van der Waals surface area contributed by atoms with Gasteiger partial charge in [-0.25, -0.2) is 0 Å². The lowest BCUT2D eigenvalue weighted by molar-refractivity contribution is 0.124. The maximum atomic E-state index is 5.56. The van der Waals surface area contributed by atoms with Crippen molar-refractivity contribution in [2.24, 2.45) is 5.84 Å². The van der Waals surface area contributed by atoms with Crippen LogP contribution in [-0.4, -0.2) is 19.3 Å². The largest absolute Gasteiger partial charge is 0.381 e. The predicted molar refractivity (Wildman–Crippen MR) is 71.7 cm³/mol. The maximum absolute atomic E-state index is 5.56. The monoisotopic (exact) mass is 236 g/mol. The van der Waals surface area contributed by atoms with E-state index in [9.17, 15) is 0 Å². The molecule has 0 heterocycles. The Morgan fingerprint density at radius 3 is 2.53 bits per heavy atom. The lowest BCUT2D eigenvalue weighted by Crippen LogP contribution is -2.37. The Hall–Kier alpha value is -0.900. The van der Waals surface area contributed by atoms with Crippen molar-refractivity contribution in [3.63, 3.8) is 0 Å². The van der Waals surface area contributed by atoms with Gasteiger partial charge in [-0.1, -0.05) is 36.8 Å². The van der Waals surface area contributed by atoms with Crippen LogP contribution in [-0.2, 0) is 11.2 Å². The topological polar surface area (TPSA) is 47.3 Å². The highest BCUT2D eigenvalue weighted by molar-refractivity contribution is 5.22. The van der Waals surface area contributed by atoms with Gasteiger partial charge in [-0.2, -0.15) is 0 Å². The van der Waals surface area contributed by atoms with Crippen molar-refractivity contribution in [1.82, 2.24) is 5.43 Å². The van der Waals surface area contributed by atoms with Gasteiger partial charge in [-0.05, 0) is 31.7 Å². The first-order valence-corrected chi connectivity index (χ1v) is 6.35. The van der Waals surface area contributed by atoms with Crippen LogP contribution in [0, 0.1) is 6.92 Å². The molecule has 0 amide bonds. The van der Waals surface area contributed by atoms with E-state index in [4.69, 9.17) is 10.6 Å². The molecule has 0 bridgehead atoms. The van der Waals surface area contributed by atoms with Crippen LogP contribution in [0.3, 0.4) is 0 Å². The van der Waals surface area contributed by atoms with E-state index in [1.807, 2.05) is 0 Å².